The van der Waals surface area contributed by atoms with Crippen molar-refractivity contribution >= 4 is 22.5 Å². The summed E-state index contributed by atoms with van der Waals surface area (Å²) in [4.78, 5) is 6.81. The minimum Gasteiger partial charge on any atom is -0.343 e. The van der Waals surface area contributed by atoms with E-state index in [2.05, 4.69) is 59.6 Å². The second-order valence-electron chi connectivity index (χ2n) is 8.38. The van der Waals surface area contributed by atoms with Crippen LogP contribution in [0.3, 0.4) is 0 Å². The molecule has 0 N–H and O–H groups in total. The summed E-state index contributed by atoms with van der Waals surface area (Å²) in [6, 6.07) is 8.79. The molecular weight excluding hydrogens is 342 g/mol. The van der Waals surface area contributed by atoms with Gasteiger partial charge in [-0.25, -0.2) is 0 Å². The van der Waals surface area contributed by atoms with Gasteiger partial charge < -0.3 is 9.47 Å². The lowest BCUT2D eigenvalue weighted by Crippen LogP contribution is -2.36. The molecule has 2 aliphatic rings. The van der Waals surface area contributed by atoms with Gasteiger partial charge in [0.05, 0.1) is 5.52 Å². The zero-order valence-electron chi connectivity index (χ0n) is 15.6. The third-order valence-electron chi connectivity index (χ3n) is 6.26. The fourth-order valence-electron chi connectivity index (χ4n) is 5.01. The van der Waals surface area contributed by atoms with Gasteiger partial charge in [-0.3, -0.25) is 4.98 Å². The van der Waals surface area contributed by atoms with Crippen LogP contribution in [0.25, 0.3) is 10.9 Å². The number of benzene rings is 1. The Kier molecular flexibility index (Phi) is 3.51. The van der Waals surface area contributed by atoms with Crippen molar-refractivity contribution < 1.29 is 0 Å². The maximum absolute atomic E-state index is 6.55. The highest BCUT2D eigenvalue weighted by atomic mass is 35.5. The van der Waals surface area contributed by atoms with Crippen LogP contribution in [0.5, 0.6) is 0 Å². The molecule has 4 heterocycles. The van der Waals surface area contributed by atoms with Gasteiger partial charge in [0.25, 0.3) is 0 Å². The molecule has 0 spiro atoms. The molecular formula is C22H24ClN3. The van der Waals surface area contributed by atoms with E-state index in [1.807, 2.05) is 6.20 Å². The zero-order valence-corrected chi connectivity index (χ0v) is 16.4. The van der Waals surface area contributed by atoms with E-state index in [9.17, 15) is 0 Å². The third-order valence-corrected chi connectivity index (χ3v) is 6.48. The average Bonchev–Trinajstić information content (AvgIpc) is 2.88. The van der Waals surface area contributed by atoms with Gasteiger partial charge in [0.1, 0.15) is 0 Å². The number of halogens is 1. The Labute approximate surface area is 159 Å². The summed E-state index contributed by atoms with van der Waals surface area (Å²) in [6.45, 7) is 7.63. The van der Waals surface area contributed by atoms with Gasteiger partial charge in [0.15, 0.2) is 0 Å². The first-order valence-electron chi connectivity index (χ1n) is 9.39. The second-order valence-corrected chi connectivity index (χ2v) is 8.82. The smallest absolute Gasteiger partial charge is 0.0520 e. The van der Waals surface area contributed by atoms with E-state index in [1.165, 1.54) is 33.3 Å². The van der Waals surface area contributed by atoms with E-state index in [4.69, 9.17) is 11.6 Å². The Morgan fingerprint density at radius 1 is 1.23 bits per heavy atom. The number of rotatable bonds is 1. The number of aromatic nitrogens is 2. The van der Waals surface area contributed by atoms with E-state index >= 15 is 0 Å². The molecule has 2 aromatic heterocycles. The normalized spacial score (nSPS) is 22.6. The molecule has 1 atom stereocenters. The first kappa shape index (κ1) is 16.3. The molecule has 4 heteroatoms. The summed E-state index contributed by atoms with van der Waals surface area (Å²) in [5.41, 5.74) is 8.31. The molecule has 5 rings (SSSR count). The highest BCUT2D eigenvalue weighted by Gasteiger charge is 2.36. The predicted molar refractivity (Wildman–Crippen MR) is 107 cm³/mol. The van der Waals surface area contributed by atoms with Gasteiger partial charge in [-0.1, -0.05) is 18.5 Å². The molecule has 0 saturated carbocycles. The van der Waals surface area contributed by atoms with Crippen LogP contribution < -0.4 is 0 Å². The van der Waals surface area contributed by atoms with E-state index in [0.29, 0.717) is 0 Å². The number of hydrogen-bond donors (Lipinski definition) is 0. The van der Waals surface area contributed by atoms with Crippen LogP contribution in [0.15, 0.2) is 30.5 Å². The van der Waals surface area contributed by atoms with Crippen LogP contribution in [0.4, 0.5) is 0 Å². The lowest BCUT2D eigenvalue weighted by molar-refractivity contribution is 0.303. The molecule has 0 bridgehead atoms. The molecule has 3 aromatic rings. The molecule has 134 valence electrons. The number of aryl methyl sites for hydroxylation is 1. The molecule has 0 amide bonds. The van der Waals surface area contributed by atoms with Gasteiger partial charge in [-0.15, -0.1) is 0 Å². The minimum atomic E-state index is 0.0639. The van der Waals surface area contributed by atoms with Crippen LogP contribution >= 0.6 is 11.6 Å². The predicted octanol–water partition coefficient (Wildman–Crippen LogP) is 4.50. The number of pyridine rings is 1. The van der Waals surface area contributed by atoms with Crippen LogP contribution in [0.1, 0.15) is 35.0 Å². The van der Waals surface area contributed by atoms with Crippen molar-refractivity contribution in [3.05, 3.63) is 63.6 Å². The minimum absolute atomic E-state index is 0.0639. The van der Waals surface area contributed by atoms with Crippen molar-refractivity contribution in [1.82, 2.24) is 14.5 Å². The number of likely N-dealkylation sites (N-methyl/N-ethyl adjacent to an activating group) is 1. The first-order valence-corrected chi connectivity index (χ1v) is 9.76. The molecule has 2 aliphatic heterocycles. The van der Waals surface area contributed by atoms with Crippen LogP contribution in [-0.4, -0.2) is 28.0 Å². The fraction of sp³-hybridized carbons (Fsp3) is 0.409. The Morgan fingerprint density at radius 2 is 2.08 bits per heavy atom. The molecule has 0 aliphatic carbocycles. The molecule has 1 unspecified atom stereocenters. The van der Waals surface area contributed by atoms with Crippen LogP contribution in [-0.2, 0) is 31.3 Å². The number of hydrogen-bond acceptors (Lipinski definition) is 2. The van der Waals surface area contributed by atoms with Crippen LogP contribution in [0, 0.1) is 6.92 Å². The molecule has 1 aromatic carbocycles. The summed E-state index contributed by atoms with van der Waals surface area (Å²) in [6.07, 6.45) is 4.08. The Morgan fingerprint density at radius 3 is 2.88 bits per heavy atom. The van der Waals surface area contributed by atoms with Crippen molar-refractivity contribution in [1.29, 1.82) is 0 Å². The SMILES string of the molecule is Cc1cc(C2(C)Cc3cc(Cl)cc4c5c(n(c34)C2)CCN(C)C5)ccn1. The first-order chi connectivity index (χ1) is 12.4. The van der Waals surface area contributed by atoms with Gasteiger partial charge in [-0.05, 0) is 61.3 Å². The van der Waals surface area contributed by atoms with Gasteiger partial charge in [-0.2, -0.15) is 0 Å². The summed E-state index contributed by atoms with van der Waals surface area (Å²) >= 11 is 6.55. The number of nitrogens with zero attached hydrogens (tertiary/aromatic N) is 3. The maximum atomic E-state index is 6.55. The van der Waals surface area contributed by atoms with Gasteiger partial charge >= 0.3 is 0 Å². The molecule has 3 nitrogen and oxygen atoms in total. The Balaban J connectivity index is 1.74. The monoisotopic (exact) mass is 365 g/mol. The van der Waals surface area contributed by atoms with Gasteiger partial charge in [0, 0.05) is 59.5 Å². The van der Waals surface area contributed by atoms with E-state index in [-0.39, 0.29) is 5.41 Å². The van der Waals surface area contributed by atoms with Crippen molar-refractivity contribution in [2.45, 2.75) is 45.2 Å². The molecule has 0 saturated heterocycles. The zero-order chi connectivity index (χ0) is 18.1. The summed E-state index contributed by atoms with van der Waals surface area (Å²) in [7, 11) is 2.21. The number of fused-ring (bicyclic) bond motifs is 3. The van der Waals surface area contributed by atoms with Crippen molar-refractivity contribution in [3.63, 3.8) is 0 Å². The lowest BCUT2D eigenvalue weighted by Gasteiger charge is -2.37. The highest BCUT2D eigenvalue weighted by Crippen LogP contribution is 2.43. The summed E-state index contributed by atoms with van der Waals surface area (Å²) in [5.74, 6) is 0. The van der Waals surface area contributed by atoms with Gasteiger partial charge in [0.2, 0.25) is 0 Å². The largest absolute Gasteiger partial charge is 0.343 e. The molecule has 0 fully saturated rings. The highest BCUT2D eigenvalue weighted by molar-refractivity contribution is 6.31. The van der Waals surface area contributed by atoms with Crippen LogP contribution in [0.2, 0.25) is 5.02 Å². The van der Waals surface area contributed by atoms with Crippen molar-refractivity contribution in [2.24, 2.45) is 0 Å². The summed E-state index contributed by atoms with van der Waals surface area (Å²) in [5, 5.41) is 2.22. The summed E-state index contributed by atoms with van der Waals surface area (Å²) < 4.78 is 2.60. The average molecular weight is 366 g/mol. The maximum Gasteiger partial charge on any atom is 0.0520 e. The third kappa shape index (κ3) is 2.34. The Hall–Kier alpha value is -1.84. The molecule has 0 radical (unpaired) electrons. The fourth-order valence-corrected chi connectivity index (χ4v) is 5.26. The lowest BCUT2D eigenvalue weighted by atomic mass is 9.75. The van der Waals surface area contributed by atoms with E-state index in [0.717, 1.165) is 43.2 Å². The van der Waals surface area contributed by atoms with E-state index in [1.54, 1.807) is 0 Å². The quantitative estimate of drug-likeness (QED) is 0.633. The van der Waals surface area contributed by atoms with Crippen molar-refractivity contribution in [2.75, 3.05) is 13.6 Å². The van der Waals surface area contributed by atoms with E-state index < -0.39 is 0 Å². The standard InChI is InChI=1S/C22H24ClN3/c1-14-8-16(4-6-24-14)22(2)11-15-9-17(23)10-18-19-12-25(3)7-5-20(19)26(13-22)21(15)18/h4,6,8-10H,5,7,11-13H2,1-3H3. The van der Waals surface area contributed by atoms with Crippen molar-refractivity contribution in [3.8, 4) is 0 Å². The topological polar surface area (TPSA) is 21.1 Å². The second kappa shape index (κ2) is 5.58. The Bertz CT molecular complexity index is 1040. The molecule has 26 heavy (non-hydrogen) atoms.